The quantitative estimate of drug-likeness (QED) is 0.724. The SMILES string of the molecule is Cc1cc(I)ccc1NS(=O)(=O)c1cncc(Br)c1. The van der Waals surface area contributed by atoms with Gasteiger partial charge in [-0.25, -0.2) is 8.42 Å². The molecule has 0 aliphatic heterocycles. The monoisotopic (exact) mass is 452 g/mol. The van der Waals surface area contributed by atoms with Crippen LogP contribution in [0.25, 0.3) is 0 Å². The third-order valence-electron chi connectivity index (χ3n) is 2.42. The highest BCUT2D eigenvalue weighted by Gasteiger charge is 2.16. The molecule has 19 heavy (non-hydrogen) atoms. The number of nitrogens with zero attached hydrogens (tertiary/aromatic N) is 1. The molecule has 4 nitrogen and oxygen atoms in total. The zero-order valence-corrected chi connectivity index (χ0v) is 14.5. The zero-order valence-electron chi connectivity index (χ0n) is 9.89. The van der Waals surface area contributed by atoms with Crippen LogP contribution in [0.3, 0.4) is 0 Å². The minimum Gasteiger partial charge on any atom is -0.279 e. The summed E-state index contributed by atoms with van der Waals surface area (Å²) < 4.78 is 28.7. The van der Waals surface area contributed by atoms with Crippen molar-refractivity contribution in [3.63, 3.8) is 0 Å². The molecule has 100 valence electrons. The lowest BCUT2D eigenvalue weighted by molar-refractivity contribution is 0.600. The fraction of sp³-hybridized carbons (Fsp3) is 0.0833. The van der Waals surface area contributed by atoms with Crippen molar-refractivity contribution in [1.82, 2.24) is 4.98 Å². The maximum Gasteiger partial charge on any atom is 0.263 e. The van der Waals surface area contributed by atoms with E-state index < -0.39 is 10.0 Å². The molecule has 0 aliphatic rings. The summed E-state index contributed by atoms with van der Waals surface area (Å²) in [6.45, 7) is 1.86. The molecule has 0 saturated carbocycles. The molecular weight excluding hydrogens is 443 g/mol. The molecule has 0 aliphatic carbocycles. The second kappa shape index (κ2) is 5.76. The van der Waals surface area contributed by atoms with Crippen molar-refractivity contribution in [2.24, 2.45) is 0 Å². The van der Waals surface area contributed by atoms with Gasteiger partial charge in [0, 0.05) is 20.4 Å². The lowest BCUT2D eigenvalue weighted by atomic mass is 10.2. The Bertz CT molecular complexity index is 719. The summed E-state index contributed by atoms with van der Waals surface area (Å²) in [6.07, 6.45) is 2.85. The molecule has 0 fully saturated rings. The Labute approximate surface area is 134 Å². The Balaban J connectivity index is 2.36. The van der Waals surface area contributed by atoms with Crippen LogP contribution in [0, 0.1) is 10.5 Å². The summed E-state index contributed by atoms with van der Waals surface area (Å²) in [4.78, 5) is 3.99. The minimum absolute atomic E-state index is 0.125. The third-order valence-corrected chi connectivity index (χ3v) is 4.86. The molecule has 0 atom stereocenters. The fourth-order valence-electron chi connectivity index (χ4n) is 1.48. The van der Waals surface area contributed by atoms with Gasteiger partial charge in [-0.15, -0.1) is 0 Å². The Hall–Kier alpha value is -0.670. The van der Waals surface area contributed by atoms with Gasteiger partial charge in [0.2, 0.25) is 0 Å². The average molecular weight is 453 g/mol. The highest BCUT2D eigenvalue weighted by atomic mass is 127. The second-order valence-electron chi connectivity index (χ2n) is 3.90. The van der Waals surface area contributed by atoms with Crippen LogP contribution in [0.1, 0.15) is 5.56 Å². The van der Waals surface area contributed by atoms with Gasteiger partial charge in [-0.1, -0.05) is 0 Å². The average Bonchev–Trinajstić information content (AvgIpc) is 2.33. The molecule has 0 unspecified atom stereocenters. The highest BCUT2D eigenvalue weighted by Crippen LogP contribution is 2.22. The van der Waals surface area contributed by atoms with Crippen LogP contribution in [0.4, 0.5) is 5.69 Å². The van der Waals surface area contributed by atoms with Crippen molar-refractivity contribution in [2.75, 3.05) is 4.72 Å². The van der Waals surface area contributed by atoms with E-state index in [4.69, 9.17) is 0 Å². The summed E-state index contributed by atoms with van der Waals surface area (Å²) >= 11 is 5.39. The van der Waals surface area contributed by atoms with E-state index in [9.17, 15) is 8.42 Å². The van der Waals surface area contributed by atoms with E-state index >= 15 is 0 Å². The number of aromatic nitrogens is 1. The molecule has 2 aromatic rings. The first-order valence-corrected chi connectivity index (χ1v) is 8.63. The van der Waals surface area contributed by atoms with E-state index in [1.54, 1.807) is 6.07 Å². The lowest BCUT2D eigenvalue weighted by Gasteiger charge is -2.10. The van der Waals surface area contributed by atoms with Crippen LogP contribution in [0.5, 0.6) is 0 Å². The number of nitrogens with one attached hydrogen (secondary N) is 1. The lowest BCUT2D eigenvalue weighted by Crippen LogP contribution is -2.14. The largest absolute Gasteiger partial charge is 0.279 e. The molecule has 0 saturated heterocycles. The topological polar surface area (TPSA) is 59.1 Å². The van der Waals surface area contributed by atoms with E-state index in [0.717, 1.165) is 9.13 Å². The molecule has 0 spiro atoms. The molecule has 1 heterocycles. The van der Waals surface area contributed by atoms with Gasteiger partial charge >= 0.3 is 0 Å². The van der Waals surface area contributed by atoms with Crippen LogP contribution in [0.2, 0.25) is 0 Å². The summed E-state index contributed by atoms with van der Waals surface area (Å²) in [5.74, 6) is 0. The van der Waals surface area contributed by atoms with Crippen molar-refractivity contribution >= 4 is 54.2 Å². The first-order chi connectivity index (χ1) is 8.88. The molecule has 2 rings (SSSR count). The molecule has 0 bridgehead atoms. The number of hydrogen-bond acceptors (Lipinski definition) is 3. The third kappa shape index (κ3) is 3.67. The van der Waals surface area contributed by atoms with E-state index in [1.807, 2.05) is 19.1 Å². The Kier molecular flexibility index (Phi) is 4.46. The van der Waals surface area contributed by atoms with E-state index in [0.29, 0.717) is 10.2 Å². The van der Waals surface area contributed by atoms with E-state index in [2.05, 4.69) is 48.2 Å². The number of rotatable bonds is 3. The first kappa shape index (κ1) is 14.7. The molecular formula is C12H10BrIN2O2S. The summed E-state index contributed by atoms with van der Waals surface area (Å²) in [6, 6.07) is 7.03. The van der Waals surface area contributed by atoms with E-state index in [1.165, 1.54) is 18.5 Å². The number of benzene rings is 1. The fourth-order valence-corrected chi connectivity index (χ4v) is 3.77. The normalized spacial score (nSPS) is 11.3. The van der Waals surface area contributed by atoms with Crippen LogP contribution in [-0.4, -0.2) is 13.4 Å². The van der Waals surface area contributed by atoms with Gasteiger partial charge in [0.25, 0.3) is 10.0 Å². The van der Waals surface area contributed by atoms with Crippen molar-refractivity contribution in [3.8, 4) is 0 Å². The van der Waals surface area contributed by atoms with Crippen LogP contribution in [-0.2, 0) is 10.0 Å². The van der Waals surface area contributed by atoms with Crippen LogP contribution < -0.4 is 4.72 Å². The van der Waals surface area contributed by atoms with Crippen LogP contribution in [0.15, 0.2) is 46.0 Å². The number of halogens is 2. The number of sulfonamides is 1. The Morgan fingerprint density at radius 1 is 1.26 bits per heavy atom. The molecule has 1 N–H and O–H groups in total. The molecule has 0 radical (unpaired) electrons. The van der Waals surface area contributed by atoms with Crippen molar-refractivity contribution in [1.29, 1.82) is 0 Å². The predicted octanol–water partition coefficient (Wildman–Crippen LogP) is 3.56. The Morgan fingerprint density at radius 2 is 2.00 bits per heavy atom. The number of hydrogen-bond donors (Lipinski definition) is 1. The molecule has 0 amide bonds. The van der Waals surface area contributed by atoms with Gasteiger partial charge in [0.05, 0.1) is 5.69 Å². The van der Waals surface area contributed by atoms with Gasteiger partial charge in [-0.05, 0) is 75.3 Å². The molecule has 7 heteroatoms. The maximum atomic E-state index is 12.2. The first-order valence-electron chi connectivity index (χ1n) is 5.28. The summed E-state index contributed by atoms with van der Waals surface area (Å²) in [5.41, 5.74) is 1.44. The summed E-state index contributed by atoms with van der Waals surface area (Å²) in [5, 5.41) is 0. The van der Waals surface area contributed by atoms with Crippen LogP contribution >= 0.6 is 38.5 Å². The summed E-state index contributed by atoms with van der Waals surface area (Å²) in [7, 11) is -3.62. The van der Waals surface area contributed by atoms with E-state index in [-0.39, 0.29) is 4.90 Å². The zero-order chi connectivity index (χ0) is 14.0. The standard InChI is InChI=1S/C12H10BrIN2O2S/c1-8-4-10(14)2-3-12(8)16-19(17,18)11-5-9(13)6-15-7-11/h2-7,16H,1H3. The van der Waals surface area contributed by atoms with Gasteiger partial charge in [-0.3, -0.25) is 9.71 Å². The van der Waals surface area contributed by atoms with Crippen molar-refractivity contribution in [2.45, 2.75) is 11.8 Å². The van der Waals surface area contributed by atoms with Gasteiger partial charge in [0.1, 0.15) is 4.90 Å². The van der Waals surface area contributed by atoms with Gasteiger partial charge in [0.15, 0.2) is 0 Å². The highest BCUT2D eigenvalue weighted by molar-refractivity contribution is 14.1. The number of aryl methyl sites for hydroxylation is 1. The smallest absolute Gasteiger partial charge is 0.263 e. The van der Waals surface area contributed by atoms with Crippen molar-refractivity contribution in [3.05, 3.63) is 50.3 Å². The molecule has 1 aromatic heterocycles. The second-order valence-corrected chi connectivity index (χ2v) is 7.75. The van der Waals surface area contributed by atoms with Gasteiger partial charge in [-0.2, -0.15) is 0 Å². The molecule has 1 aromatic carbocycles. The predicted molar refractivity (Wildman–Crippen MR) is 86.6 cm³/mol. The Morgan fingerprint density at radius 3 is 2.63 bits per heavy atom. The number of anilines is 1. The van der Waals surface area contributed by atoms with Gasteiger partial charge < -0.3 is 0 Å². The number of pyridine rings is 1. The minimum atomic E-state index is -3.62. The maximum absolute atomic E-state index is 12.2. The van der Waals surface area contributed by atoms with Crippen molar-refractivity contribution < 1.29 is 8.42 Å².